The van der Waals surface area contributed by atoms with E-state index in [2.05, 4.69) is 15.5 Å². The second-order valence-electron chi connectivity index (χ2n) is 4.10. The Bertz CT molecular complexity index is 675. The molecule has 2 aromatic rings. The van der Waals surface area contributed by atoms with Crippen LogP contribution in [0.2, 0.25) is 0 Å². The molecule has 19 heavy (non-hydrogen) atoms. The lowest BCUT2D eigenvalue weighted by Crippen LogP contribution is -2.21. The number of nitrogens with one attached hydrogen (secondary N) is 1. The number of carbonyl (C=O) groups excluding carboxylic acids is 1. The van der Waals surface area contributed by atoms with Gasteiger partial charge in [0, 0.05) is 5.56 Å². The fraction of sp³-hybridized carbons (Fsp3) is 0. The van der Waals surface area contributed by atoms with Gasteiger partial charge in [-0.3, -0.25) is 4.79 Å². The number of amides is 1. The Labute approximate surface area is 110 Å². The van der Waals surface area contributed by atoms with Crippen molar-refractivity contribution in [1.29, 1.82) is 0 Å². The Balaban J connectivity index is 1.87. The monoisotopic (exact) mass is 249 g/mol. The second kappa shape index (κ2) is 4.86. The van der Waals surface area contributed by atoms with E-state index in [1.165, 1.54) is 0 Å². The minimum Gasteiger partial charge on any atom is -0.305 e. The Hall–Kier alpha value is -2.75. The van der Waals surface area contributed by atoms with Gasteiger partial charge in [0.2, 0.25) is 0 Å². The number of hydrogen-bond acceptors (Lipinski definition) is 3. The molecule has 3 rings (SSSR count). The van der Waals surface area contributed by atoms with Crippen LogP contribution < -0.4 is 5.32 Å². The van der Waals surface area contributed by atoms with Crippen LogP contribution in [-0.2, 0) is 0 Å². The predicted molar refractivity (Wildman–Crippen MR) is 74.5 cm³/mol. The molecule has 4 nitrogen and oxygen atoms in total. The zero-order valence-electron chi connectivity index (χ0n) is 10.1. The van der Waals surface area contributed by atoms with Crippen LogP contribution in [0.5, 0.6) is 0 Å². The van der Waals surface area contributed by atoms with E-state index in [1.807, 2.05) is 48.5 Å². The molecule has 0 aliphatic carbocycles. The van der Waals surface area contributed by atoms with Gasteiger partial charge in [-0.2, -0.15) is 5.10 Å². The molecule has 1 aliphatic heterocycles. The van der Waals surface area contributed by atoms with Gasteiger partial charge in [-0.15, -0.1) is 5.10 Å². The summed E-state index contributed by atoms with van der Waals surface area (Å²) in [7, 11) is 0. The third-order valence-corrected chi connectivity index (χ3v) is 2.82. The van der Waals surface area contributed by atoms with Gasteiger partial charge in [0.15, 0.2) is 5.84 Å². The van der Waals surface area contributed by atoms with Crippen LogP contribution in [-0.4, -0.2) is 18.0 Å². The van der Waals surface area contributed by atoms with Crippen molar-refractivity contribution in [3.63, 3.8) is 0 Å². The summed E-state index contributed by atoms with van der Waals surface area (Å²) in [5.41, 5.74) is 2.39. The summed E-state index contributed by atoms with van der Waals surface area (Å²) in [6, 6.07) is 17.0. The highest BCUT2D eigenvalue weighted by molar-refractivity contribution is 6.23. The standard InChI is InChI=1S/C15H11N3O/c19-15-13-9-5-4-8-12(13)14(17-15)18-16-10-11-6-2-1-3-7-11/h1-10H,(H,17,18,19)/b16-10+. The molecular weight excluding hydrogens is 238 g/mol. The average molecular weight is 249 g/mol. The second-order valence-corrected chi connectivity index (χ2v) is 4.10. The van der Waals surface area contributed by atoms with E-state index in [-0.39, 0.29) is 5.91 Å². The number of fused-ring (bicyclic) bond motifs is 1. The van der Waals surface area contributed by atoms with Crippen molar-refractivity contribution in [2.24, 2.45) is 10.2 Å². The van der Waals surface area contributed by atoms with E-state index in [1.54, 1.807) is 12.3 Å². The first-order chi connectivity index (χ1) is 9.34. The van der Waals surface area contributed by atoms with E-state index in [0.29, 0.717) is 11.4 Å². The fourth-order valence-electron chi connectivity index (χ4n) is 1.90. The smallest absolute Gasteiger partial charge is 0.257 e. The summed E-state index contributed by atoms with van der Waals surface area (Å²) in [4.78, 5) is 11.7. The summed E-state index contributed by atoms with van der Waals surface area (Å²) in [5.74, 6) is 0.358. The minimum atomic E-state index is -0.135. The molecule has 0 fully saturated rings. The Morgan fingerprint density at radius 1 is 0.895 bits per heavy atom. The zero-order valence-corrected chi connectivity index (χ0v) is 10.1. The van der Waals surface area contributed by atoms with Gasteiger partial charge in [-0.1, -0.05) is 48.5 Å². The van der Waals surface area contributed by atoms with E-state index in [4.69, 9.17) is 0 Å². The molecule has 0 spiro atoms. The van der Waals surface area contributed by atoms with Crippen LogP contribution in [0.1, 0.15) is 21.5 Å². The fourth-order valence-corrected chi connectivity index (χ4v) is 1.90. The first kappa shape index (κ1) is 11.3. The largest absolute Gasteiger partial charge is 0.305 e. The molecule has 0 aromatic heterocycles. The lowest BCUT2D eigenvalue weighted by molar-refractivity contribution is 0.0983. The lowest BCUT2D eigenvalue weighted by atomic mass is 10.1. The van der Waals surface area contributed by atoms with Crippen molar-refractivity contribution < 1.29 is 4.79 Å². The van der Waals surface area contributed by atoms with Crippen LogP contribution in [0, 0.1) is 0 Å². The average Bonchev–Trinajstić information content (AvgIpc) is 2.78. The van der Waals surface area contributed by atoms with Crippen molar-refractivity contribution in [2.45, 2.75) is 0 Å². The van der Waals surface area contributed by atoms with Crippen LogP contribution >= 0.6 is 0 Å². The van der Waals surface area contributed by atoms with Crippen LogP contribution in [0.25, 0.3) is 0 Å². The Kier molecular flexibility index (Phi) is 2.90. The Morgan fingerprint density at radius 2 is 1.58 bits per heavy atom. The number of nitrogens with zero attached hydrogens (tertiary/aromatic N) is 2. The highest BCUT2D eigenvalue weighted by Gasteiger charge is 2.23. The summed E-state index contributed by atoms with van der Waals surface area (Å²) in [5, 5.41) is 10.8. The van der Waals surface area contributed by atoms with E-state index in [9.17, 15) is 4.79 Å². The van der Waals surface area contributed by atoms with Gasteiger partial charge in [0.05, 0.1) is 11.8 Å². The normalized spacial score (nSPS) is 15.8. The van der Waals surface area contributed by atoms with E-state index in [0.717, 1.165) is 11.1 Å². The third-order valence-electron chi connectivity index (χ3n) is 2.82. The zero-order chi connectivity index (χ0) is 13.1. The van der Waals surface area contributed by atoms with Gasteiger partial charge in [-0.05, 0) is 11.6 Å². The quantitative estimate of drug-likeness (QED) is 0.644. The molecule has 0 saturated carbocycles. The molecule has 0 atom stereocenters. The number of hydrogen-bond donors (Lipinski definition) is 1. The number of benzene rings is 2. The lowest BCUT2D eigenvalue weighted by Gasteiger charge is -1.94. The van der Waals surface area contributed by atoms with Crippen molar-refractivity contribution in [2.75, 3.05) is 0 Å². The Morgan fingerprint density at radius 3 is 2.37 bits per heavy atom. The maximum absolute atomic E-state index is 11.7. The molecule has 92 valence electrons. The molecule has 1 aliphatic rings. The minimum absolute atomic E-state index is 0.135. The molecule has 1 amide bonds. The molecular formula is C15H11N3O. The highest BCUT2D eigenvalue weighted by Crippen LogP contribution is 2.15. The maximum Gasteiger partial charge on any atom is 0.257 e. The third kappa shape index (κ3) is 2.28. The molecule has 1 N–H and O–H groups in total. The molecule has 2 aromatic carbocycles. The van der Waals surface area contributed by atoms with Crippen LogP contribution in [0.15, 0.2) is 64.8 Å². The molecule has 0 bridgehead atoms. The molecule has 0 saturated heterocycles. The van der Waals surface area contributed by atoms with Gasteiger partial charge in [0.1, 0.15) is 0 Å². The van der Waals surface area contributed by atoms with Crippen molar-refractivity contribution in [3.8, 4) is 0 Å². The molecule has 1 heterocycles. The van der Waals surface area contributed by atoms with E-state index < -0.39 is 0 Å². The molecule has 4 heteroatoms. The van der Waals surface area contributed by atoms with Gasteiger partial charge >= 0.3 is 0 Å². The SMILES string of the molecule is O=C1N/C(=N/N=C/c2ccccc2)c2ccccc21. The first-order valence-electron chi connectivity index (χ1n) is 5.91. The summed E-state index contributed by atoms with van der Waals surface area (Å²) in [6.07, 6.45) is 1.65. The van der Waals surface area contributed by atoms with Crippen LogP contribution in [0.4, 0.5) is 0 Å². The summed E-state index contributed by atoms with van der Waals surface area (Å²) < 4.78 is 0. The van der Waals surface area contributed by atoms with Crippen LogP contribution in [0.3, 0.4) is 0 Å². The first-order valence-corrected chi connectivity index (χ1v) is 5.91. The number of amidine groups is 1. The summed E-state index contributed by atoms with van der Waals surface area (Å²) in [6.45, 7) is 0. The van der Waals surface area contributed by atoms with Gasteiger partial charge in [-0.25, -0.2) is 0 Å². The van der Waals surface area contributed by atoms with Crippen molar-refractivity contribution >= 4 is 18.0 Å². The summed E-state index contributed by atoms with van der Waals surface area (Å²) >= 11 is 0. The number of carbonyl (C=O) groups is 1. The van der Waals surface area contributed by atoms with E-state index >= 15 is 0 Å². The topological polar surface area (TPSA) is 53.8 Å². The number of rotatable bonds is 2. The predicted octanol–water partition coefficient (Wildman–Crippen LogP) is 2.21. The molecule has 0 unspecified atom stereocenters. The highest BCUT2D eigenvalue weighted by atomic mass is 16.2. The van der Waals surface area contributed by atoms with Gasteiger partial charge in [0.25, 0.3) is 5.91 Å². The van der Waals surface area contributed by atoms with Crippen molar-refractivity contribution in [3.05, 3.63) is 71.3 Å². The maximum atomic E-state index is 11.7. The van der Waals surface area contributed by atoms with Crippen molar-refractivity contribution in [1.82, 2.24) is 5.32 Å². The van der Waals surface area contributed by atoms with Gasteiger partial charge < -0.3 is 5.32 Å². The molecule has 0 radical (unpaired) electrons.